The van der Waals surface area contributed by atoms with Crippen molar-refractivity contribution in [2.24, 2.45) is 0 Å². The zero-order chi connectivity index (χ0) is 19.2. The number of nitrogens with one attached hydrogen (secondary N) is 1. The van der Waals surface area contributed by atoms with E-state index >= 15 is 0 Å². The second-order valence-corrected chi connectivity index (χ2v) is 5.97. The van der Waals surface area contributed by atoms with Crippen LogP contribution in [0.1, 0.15) is 31.8 Å². The summed E-state index contributed by atoms with van der Waals surface area (Å²) in [5.74, 6) is -1.58. The zero-order valence-electron chi connectivity index (χ0n) is 14.4. The molecule has 5 heteroatoms. The second-order valence-electron chi connectivity index (χ2n) is 5.97. The van der Waals surface area contributed by atoms with Gasteiger partial charge in [0, 0.05) is 11.1 Å². The van der Waals surface area contributed by atoms with E-state index in [0.29, 0.717) is 16.7 Å². The zero-order valence-corrected chi connectivity index (χ0v) is 14.4. The molecule has 0 spiro atoms. The largest absolute Gasteiger partial charge is 0.478 e. The molecular formula is C22H17NO4. The Hall–Kier alpha value is -3.73. The second kappa shape index (κ2) is 8.10. The number of carbonyl (C=O) groups is 3. The fourth-order valence-corrected chi connectivity index (χ4v) is 2.74. The Morgan fingerprint density at radius 1 is 0.778 bits per heavy atom. The number of benzene rings is 3. The first kappa shape index (κ1) is 18.1. The van der Waals surface area contributed by atoms with Crippen molar-refractivity contribution < 1.29 is 19.5 Å². The van der Waals surface area contributed by atoms with Crippen LogP contribution in [0, 0.1) is 0 Å². The van der Waals surface area contributed by atoms with E-state index in [4.69, 9.17) is 0 Å². The highest BCUT2D eigenvalue weighted by Gasteiger charge is 2.13. The summed E-state index contributed by atoms with van der Waals surface area (Å²) in [6, 6.07) is 22.0. The number of carbonyl (C=O) groups excluding carboxylic acids is 2. The van der Waals surface area contributed by atoms with E-state index in [1.165, 1.54) is 12.1 Å². The van der Waals surface area contributed by atoms with Crippen LogP contribution in [0.5, 0.6) is 0 Å². The molecule has 0 atom stereocenters. The number of para-hydroxylation sites is 1. The maximum Gasteiger partial charge on any atom is 0.337 e. The summed E-state index contributed by atoms with van der Waals surface area (Å²) in [4.78, 5) is 36.1. The van der Waals surface area contributed by atoms with Gasteiger partial charge < -0.3 is 10.4 Å². The third kappa shape index (κ3) is 4.46. The van der Waals surface area contributed by atoms with Crippen LogP contribution in [0.2, 0.25) is 0 Å². The lowest BCUT2D eigenvalue weighted by Gasteiger charge is -2.09. The number of aromatic carboxylic acids is 1. The van der Waals surface area contributed by atoms with Gasteiger partial charge in [0.05, 0.1) is 17.7 Å². The molecule has 3 aromatic rings. The van der Waals surface area contributed by atoms with Gasteiger partial charge in [0.2, 0.25) is 5.91 Å². The highest BCUT2D eigenvalue weighted by molar-refractivity contribution is 6.09. The van der Waals surface area contributed by atoms with Crippen molar-refractivity contribution in [3.8, 4) is 0 Å². The lowest BCUT2D eigenvalue weighted by molar-refractivity contribution is -0.115. The summed E-state index contributed by atoms with van der Waals surface area (Å²) in [7, 11) is 0. The van der Waals surface area contributed by atoms with Gasteiger partial charge in [-0.25, -0.2) is 4.79 Å². The van der Waals surface area contributed by atoms with Crippen molar-refractivity contribution in [1.82, 2.24) is 0 Å². The number of anilines is 1. The minimum absolute atomic E-state index is 0.0267. The smallest absolute Gasteiger partial charge is 0.337 e. The topological polar surface area (TPSA) is 83.5 Å². The van der Waals surface area contributed by atoms with Crippen molar-refractivity contribution in [2.45, 2.75) is 6.42 Å². The van der Waals surface area contributed by atoms with Gasteiger partial charge >= 0.3 is 5.97 Å². The van der Waals surface area contributed by atoms with Crippen LogP contribution in [0.15, 0.2) is 78.9 Å². The van der Waals surface area contributed by atoms with Gasteiger partial charge in [0.15, 0.2) is 5.78 Å². The molecule has 0 heterocycles. The average molecular weight is 359 g/mol. The quantitative estimate of drug-likeness (QED) is 0.656. The highest BCUT2D eigenvalue weighted by atomic mass is 16.4. The van der Waals surface area contributed by atoms with Crippen LogP contribution < -0.4 is 5.32 Å². The van der Waals surface area contributed by atoms with Crippen molar-refractivity contribution in [2.75, 3.05) is 5.32 Å². The summed E-state index contributed by atoms with van der Waals surface area (Å²) in [5.41, 5.74) is 2.01. The molecule has 0 aromatic heterocycles. The summed E-state index contributed by atoms with van der Waals surface area (Å²) < 4.78 is 0. The van der Waals surface area contributed by atoms with E-state index < -0.39 is 5.97 Å². The predicted molar refractivity (Wildman–Crippen MR) is 102 cm³/mol. The Kier molecular flexibility index (Phi) is 5.42. The Morgan fingerprint density at radius 3 is 2.19 bits per heavy atom. The molecular weight excluding hydrogens is 342 g/mol. The minimum atomic E-state index is -1.11. The first-order valence-corrected chi connectivity index (χ1v) is 8.35. The van der Waals surface area contributed by atoms with Gasteiger partial charge in [-0.1, -0.05) is 60.7 Å². The number of hydrogen-bond donors (Lipinski definition) is 2. The number of ketones is 1. The molecule has 5 nitrogen and oxygen atoms in total. The van der Waals surface area contributed by atoms with E-state index in [0.717, 1.165) is 0 Å². The molecule has 0 aliphatic carbocycles. The van der Waals surface area contributed by atoms with E-state index in [-0.39, 0.29) is 29.4 Å². The van der Waals surface area contributed by atoms with Crippen LogP contribution in [0.4, 0.5) is 5.69 Å². The van der Waals surface area contributed by atoms with Crippen molar-refractivity contribution in [3.05, 3.63) is 101 Å². The van der Waals surface area contributed by atoms with Crippen molar-refractivity contribution in [3.63, 3.8) is 0 Å². The third-order valence-corrected chi connectivity index (χ3v) is 4.02. The van der Waals surface area contributed by atoms with Crippen LogP contribution in [0.3, 0.4) is 0 Å². The molecule has 0 fully saturated rings. The number of hydrogen-bond acceptors (Lipinski definition) is 3. The number of carboxylic acids is 1. The standard InChI is InChI=1S/C22H17NO4/c24-20(23-19-12-5-4-11-18(19)22(26)27)14-15-7-6-10-17(13-15)21(25)16-8-2-1-3-9-16/h1-13H,14H2,(H,23,24)(H,26,27). The first-order valence-electron chi connectivity index (χ1n) is 8.35. The SMILES string of the molecule is O=C(Cc1cccc(C(=O)c2ccccc2)c1)Nc1ccccc1C(=O)O. The average Bonchev–Trinajstić information content (AvgIpc) is 2.68. The fourth-order valence-electron chi connectivity index (χ4n) is 2.74. The summed E-state index contributed by atoms with van der Waals surface area (Å²) in [6.45, 7) is 0. The predicted octanol–water partition coefficient (Wildman–Crippen LogP) is 3.80. The summed E-state index contributed by atoms with van der Waals surface area (Å²) >= 11 is 0. The van der Waals surface area contributed by atoms with Crippen molar-refractivity contribution >= 4 is 23.3 Å². The molecule has 0 radical (unpaired) electrons. The Balaban J connectivity index is 1.74. The highest BCUT2D eigenvalue weighted by Crippen LogP contribution is 2.16. The minimum Gasteiger partial charge on any atom is -0.478 e. The third-order valence-electron chi connectivity index (χ3n) is 4.02. The Bertz CT molecular complexity index is 996. The van der Waals surface area contributed by atoms with E-state index in [2.05, 4.69) is 5.32 Å². The molecule has 1 amide bonds. The van der Waals surface area contributed by atoms with Gasteiger partial charge in [-0.2, -0.15) is 0 Å². The molecule has 3 rings (SSSR count). The lowest BCUT2D eigenvalue weighted by atomic mass is 10.0. The van der Waals surface area contributed by atoms with Crippen LogP contribution in [0.25, 0.3) is 0 Å². The molecule has 0 bridgehead atoms. The van der Waals surface area contributed by atoms with E-state index in [1.807, 2.05) is 6.07 Å². The number of amides is 1. The molecule has 3 aromatic carbocycles. The molecule has 0 aliphatic rings. The molecule has 134 valence electrons. The summed E-state index contributed by atoms with van der Waals surface area (Å²) in [6.07, 6.45) is 0.0316. The number of carboxylic acid groups (broad SMARTS) is 1. The summed E-state index contributed by atoms with van der Waals surface area (Å²) in [5, 5.41) is 11.8. The Morgan fingerprint density at radius 2 is 1.44 bits per heavy atom. The lowest BCUT2D eigenvalue weighted by Crippen LogP contribution is -2.17. The molecule has 0 aliphatic heterocycles. The van der Waals surface area contributed by atoms with Gasteiger partial charge in [-0.05, 0) is 23.8 Å². The van der Waals surface area contributed by atoms with Crippen LogP contribution in [-0.2, 0) is 11.2 Å². The monoisotopic (exact) mass is 359 g/mol. The number of rotatable bonds is 6. The van der Waals surface area contributed by atoms with Gasteiger partial charge in [0.25, 0.3) is 0 Å². The normalized spacial score (nSPS) is 10.2. The van der Waals surface area contributed by atoms with E-state index in [1.54, 1.807) is 60.7 Å². The first-order chi connectivity index (χ1) is 13.0. The van der Waals surface area contributed by atoms with Gasteiger partial charge in [0.1, 0.15) is 0 Å². The fraction of sp³-hybridized carbons (Fsp3) is 0.0455. The van der Waals surface area contributed by atoms with E-state index in [9.17, 15) is 19.5 Å². The molecule has 27 heavy (non-hydrogen) atoms. The molecule has 0 saturated heterocycles. The maximum atomic E-state index is 12.5. The van der Waals surface area contributed by atoms with Crippen molar-refractivity contribution in [1.29, 1.82) is 0 Å². The molecule has 0 unspecified atom stereocenters. The maximum absolute atomic E-state index is 12.5. The molecule has 2 N–H and O–H groups in total. The van der Waals surface area contributed by atoms with Crippen LogP contribution >= 0.6 is 0 Å². The Labute approximate surface area is 156 Å². The van der Waals surface area contributed by atoms with Gasteiger partial charge in [-0.3, -0.25) is 9.59 Å². The molecule has 0 saturated carbocycles. The van der Waals surface area contributed by atoms with Crippen LogP contribution in [-0.4, -0.2) is 22.8 Å². The van der Waals surface area contributed by atoms with Gasteiger partial charge in [-0.15, -0.1) is 0 Å².